The van der Waals surface area contributed by atoms with E-state index in [1.165, 1.54) is 0 Å². The van der Waals surface area contributed by atoms with Gasteiger partial charge in [-0.15, -0.1) is 0 Å². The highest BCUT2D eigenvalue weighted by Gasteiger charge is 2.03. The van der Waals surface area contributed by atoms with Crippen molar-refractivity contribution < 1.29 is 4.79 Å². The van der Waals surface area contributed by atoms with Crippen molar-refractivity contribution in [2.24, 2.45) is 0 Å². The van der Waals surface area contributed by atoms with E-state index in [0.29, 0.717) is 11.7 Å². The summed E-state index contributed by atoms with van der Waals surface area (Å²) < 4.78 is 0. The standard InChI is InChI=1S/C19H16ClN3O/c20-18-11-6-14(12-21-18)13-22-19(24)23-17-9-7-16(8-10-17)15-4-2-1-3-5-15/h1-12H,13H2,(H2,22,23,24). The molecule has 3 aromatic rings. The average Bonchev–Trinajstić information content (AvgIpc) is 2.63. The maximum Gasteiger partial charge on any atom is 0.319 e. The number of pyridine rings is 1. The zero-order valence-corrected chi connectivity index (χ0v) is 13.6. The van der Waals surface area contributed by atoms with Crippen LogP contribution in [0.4, 0.5) is 10.5 Å². The molecule has 2 amide bonds. The first-order chi connectivity index (χ1) is 11.7. The van der Waals surface area contributed by atoms with Gasteiger partial charge in [0.1, 0.15) is 5.15 Å². The van der Waals surface area contributed by atoms with Crippen molar-refractivity contribution >= 4 is 23.3 Å². The summed E-state index contributed by atoms with van der Waals surface area (Å²) in [6.07, 6.45) is 1.64. The number of carbonyl (C=O) groups excluding carboxylic acids is 1. The molecule has 120 valence electrons. The smallest absolute Gasteiger partial charge is 0.319 e. The van der Waals surface area contributed by atoms with Crippen molar-refractivity contribution in [1.82, 2.24) is 10.3 Å². The highest BCUT2D eigenvalue weighted by atomic mass is 35.5. The van der Waals surface area contributed by atoms with E-state index >= 15 is 0 Å². The van der Waals surface area contributed by atoms with Gasteiger partial charge in [-0.3, -0.25) is 0 Å². The van der Waals surface area contributed by atoms with Crippen molar-refractivity contribution in [3.05, 3.63) is 83.6 Å². The molecule has 0 aliphatic heterocycles. The summed E-state index contributed by atoms with van der Waals surface area (Å²) in [5.74, 6) is 0. The summed E-state index contributed by atoms with van der Waals surface area (Å²) in [5.41, 5.74) is 3.87. The zero-order valence-electron chi connectivity index (χ0n) is 12.9. The van der Waals surface area contributed by atoms with E-state index < -0.39 is 0 Å². The second kappa shape index (κ2) is 7.62. The number of aromatic nitrogens is 1. The van der Waals surface area contributed by atoms with E-state index in [-0.39, 0.29) is 6.03 Å². The number of anilines is 1. The van der Waals surface area contributed by atoms with E-state index in [4.69, 9.17) is 11.6 Å². The van der Waals surface area contributed by atoms with Crippen molar-refractivity contribution in [2.45, 2.75) is 6.54 Å². The summed E-state index contributed by atoms with van der Waals surface area (Å²) in [6.45, 7) is 0.387. The van der Waals surface area contributed by atoms with Crippen LogP contribution in [0.5, 0.6) is 0 Å². The second-order valence-electron chi connectivity index (χ2n) is 5.24. The number of halogens is 1. The second-order valence-corrected chi connectivity index (χ2v) is 5.63. The third-order valence-electron chi connectivity index (χ3n) is 3.49. The van der Waals surface area contributed by atoms with Gasteiger partial charge in [0.25, 0.3) is 0 Å². The van der Waals surface area contributed by atoms with Crippen LogP contribution < -0.4 is 10.6 Å². The van der Waals surface area contributed by atoms with Gasteiger partial charge in [-0.2, -0.15) is 0 Å². The topological polar surface area (TPSA) is 54.0 Å². The Morgan fingerprint density at radius 3 is 2.29 bits per heavy atom. The van der Waals surface area contributed by atoms with Crippen molar-refractivity contribution in [3.8, 4) is 11.1 Å². The van der Waals surface area contributed by atoms with Crippen LogP contribution in [0.15, 0.2) is 72.9 Å². The summed E-state index contributed by atoms with van der Waals surface area (Å²) in [5, 5.41) is 6.02. The molecule has 5 heteroatoms. The van der Waals surface area contributed by atoms with Crippen LogP contribution in [0.1, 0.15) is 5.56 Å². The third-order valence-corrected chi connectivity index (χ3v) is 3.72. The Labute approximate surface area is 145 Å². The van der Waals surface area contributed by atoms with E-state index in [0.717, 1.165) is 22.4 Å². The Morgan fingerprint density at radius 1 is 0.917 bits per heavy atom. The highest BCUT2D eigenvalue weighted by molar-refractivity contribution is 6.29. The van der Waals surface area contributed by atoms with Gasteiger partial charge in [-0.1, -0.05) is 60.1 Å². The fourth-order valence-electron chi connectivity index (χ4n) is 2.25. The average molecular weight is 338 g/mol. The van der Waals surface area contributed by atoms with Crippen LogP contribution in [-0.4, -0.2) is 11.0 Å². The molecule has 2 aromatic carbocycles. The van der Waals surface area contributed by atoms with Crippen LogP contribution in [0.3, 0.4) is 0 Å². The number of urea groups is 1. The molecule has 0 fully saturated rings. The quantitative estimate of drug-likeness (QED) is 0.676. The molecule has 1 aromatic heterocycles. The largest absolute Gasteiger partial charge is 0.334 e. The number of amides is 2. The lowest BCUT2D eigenvalue weighted by molar-refractivity contribution is 0.251. The number of hydrogen-bond acceptors (Lipinski definition) is 2. The van der Waals surface area contributed by atoms with Crippen LogP contribution in [0, 0.1) is 0 Å². The zero-order chi connectivity index (χ0) is 16.8. The van der Waals surface area contributed by atoms with Crippen LogP contribution in [-0.2, 0) is 6.54 Å². The molecule has 0 aliphatic carbocycles. The Balaban J connectivity index is 1.55. The molecule has 4 nitrogen and oxygen atoms in total. The van der Waals surface area contributed by atoms with E-state index in [1.807, 2.05) is 48.5 Å². The van der Waals surface area contributed by atoms with E-state index in [2.05, 4.69) is 27.8 Å². The minimum atomic E-state index is -0.266. The van der Waals surface area contributed by atoms with E-state index in [9.17, 15) is 4.79 Å². The van der Waals surface area contributed by atoms with Gasteiger partial charge in [0, 0.05) is 18.4 Å². The molecule has 0 saturated carbocycles. The van der Waals surface area contributed by atoms with Crippen LogP contribution in [0.25, 0.3) is 11.1 Å². The number of rotatable bonds is 4. The lowest BCUT2D eigenvalue weighted by Crippen LogP contribution is -2.28. The molecule has 0 aliphatic rings. The fourth-order valence-corrected chi connectivity index (χ4v) is 2.36. The molecule has 0 spiro atoms. The number of benzene rings is 2. The first-order valence-electron chi connectivity index (χ1n) is 7.51. The van der Waals surface area contributed by atoms with Gasteiger partial charge >= 0.3 is 6.03 Å². The molecule has 0 unspecified atom stereocenters. The first-order valence-corrected chi connectivity index (χ1v) is 7.89. The van der Waals surface area contributed by atoms with Crippen molar-refractivity contribution in [2.75, 3.05) is 5.32 Å². The minimum absolute atomic E-state index is 0.266. The van der Waals surface area contributed by atoms with Crippen molar-refractivity contribution in [3.63, 3.8) is 0 Å². The maximum atomic E-state index is 11.9. The molecular formula is C19H16ClN3O. The Morgan fingerprint density at radius 2 is 1.62 bits per heavy atom. The molecular weight excluding hydrogens is 322 g/mol. The molecule has 2 N–H and O–H groups in total. The summed E-state index contributed by atoms with van der Waals surface area (Å²) in [6, 6.07) is 21.1. The predicted octanol–water partition coefficient (Wildman–Crippen LogP) is 4.72. The molecule has 0 bridgehead atoms. The summed E-state index contributed by atoms with van der Waals surface area (Å²) >= 11 is 5.73. The van der Waals surface area contributed by atoms with Gasteiger partial charge in [0.05, 0.1) is 0 Å². The minimum Gasteiger partial charge on any atom is -0.334 e. The Hall–Kier alpha value is -2.85. The number of nitrogens with one attached hydrogen (secondary N) is 2. The van der Waals surface area contributed by atoms with Gasteiger partial charge in [-0.25, -0.2) is 9.78 Å². The van der Waals surface area contributed by atoms with E-state index in [1.54, 1.807) is 12.3 Å². The number of hydrogen-bond donors (Lipinski definition) is 2. The fraction of sp³-hybridized carbons (Fsp3) is 0.0526. The van der Waals surface area contributed by atoms with Gasteiger partial charge in [0.2, 0.25) is 0 Å². The lowest BCUT2D eigenvalue weighted by atomic mass is 10.1. The first kappa shape index (κ1) is 16.0. The van der Waals surface area contributed by atoms with Gasteiger partial charge in [-0.05, 0) is 34.9 Å². The molecule has 0 saturated heterocycles. The monoisotopic (exact) mass is 337 g/mol. The highest BCUT2D eigenvalue weighted by Crippen LogP contribution is 2.20. The predicted molar refractivity (Wildman–Crippen MR) is 97.0 cm³/mol. The lowest BCUT2D eigenvalue weighted by Gasteiger charge is -2.08. The third kappa shape index (κ3) is 4.33. The van der Waals surface area contributed by atoms with Gasteiger partial charge < -0.3 is 10.6 Å². The molecule has 1 heterocycles. The maximum absolute atomic E-state index is 11.9. The number of nitrogens with zero attached hydrogens (tertiary/aromatic N) is 1. The Kier molecular flexibility index (Phi) is 5.08. The summed E-state index contributed by atoms with van der Waals surface area (Å²) in [7, 11) is 0. The van der Waals surface area contributed by atoms with Crippen LogP contribution >= 0.6 is 11.6 Å². The summed E-state index contributed by atoms with van der Waals surface area (Å²) in [4.78, 5) is 15.9. The SMILES string of the molecule is O=C(NCc1ccc(Cl)nc1)Nc1ccc(-c2ccccc2)cc1. The van der Waals surface area contributed by atoms with Crippen molar-refractivity contribution in [1.29, 1.82) is 0 Å². The normalized spacial score (nSPS) is 10.2. The van der Waals surface area contributed by atoms with Crippen LogP contribution in [0.2, 0.25) is 5.15 Å². The molecule has 3 rings (SSSR count). The molecule has 24 heavy (non-hydrogen) atoms. The molecule has 0 radical (unpaired) electrons. The molecule has 0 atom stereocenters. The van der Waals surface area contributed by atoms with Gasteiger partial charge in [0.15, 0.2) is 0 Å². The number of carbonyl (C=O) groups is 1. The Bertz CT molecular complexity index is 802.